The summed E-state index contributed by atoms with van der Waals surface area (Å²) in [5.41, 5.74) is 2.35. The molecule has 1 aromatic carbocycles. The van der Waals surface area contributed by atoms with Crippen LogP contribution in [-0.2, 0) is 28.1 Å². The minimum Gasteiger partial charge on any atom is -0.497 e. The van der Waals surface area contributed by atoms with Gasteiger partial charge in [-0.2, -0.15) is 5.10 Å². The lowest BCUT2D eigenvalue weighted by molar-refractivity contribution is -0.140. The molecule has 2 aliphatic heterocycles. The van der Waals surface area contributed by atoms with Gasteiger partial charge in [0, 0.05) is 38.4 Å². The van der Waals surface area contributed by atoms with Crippen LogP contribution in [0.25, 0.3) is 0 Å². The molecule has 1 saturated heterocycles. The van der Waals surface area contributed by atoms with E-state index in [-0.39, 0.29) is 11.5 Å². The quantitative estimate of drug-likeness (QED) is 0.813. The molecule has 2 aromatic rings. The number of aromatic nitrogens is 2. The molecule has 0 aliphatic carbocycles. The second kappa shape index (κ2) is 7.72. The standard InChI is InChI=1S/C21H27N3O3/c1-26-18-5-6-19-17(16-18)7-15-27-21(19)8-13-23(14-9-21)20(25)4-2-11-24-12-3-10-22-24/h3,5-6,10,12,16H,2,4,7-9,11,13-15H2,1H3. The van der Waals surface area contributed by atoms with Crippen molar-refractivity contribution in [2.75, 3.05) is 26.8 Å². The average molecular weight is 369 g/mol. The Bertz CT molecular complexity index is 780. The van der Waals surface area contributed by atoms with Crippen molar-refractivity contribution >= 4 is 5.91 Å². The summed E-state index contributed by atoms with van der Waals surface area (Å²) in [5.74, 6) is 1.14. The van der Waals surface area contributed by atoms with E-state index in [0.29, 0.717) is 6.42 Å². The lowest BCUT2D eigenvalue weighted by atomic mass is 9.79. The highest BCUT2D eigenvalue weighted by atomic mass is 16.5. The first-order valence-corrected chi connectivity index (χ1v) is 9.77. The Kier molecular flexibility index (Phi) is 5.16. The Morgan fingerprint density at radius 2 is 2.19 bits per heavy atom. The first-order valence-electron chi connectivity index (χ1n) is 9.77. The third-order valence-corrected chi connectivity index (χ3v) is 5.81. The molecule has 3 heterocycles. The Balaban J connectivity index is 1.35. The molecule has 0 radical (unpaired) electrons. The highest BCUT2D eigenvalue weighted by molar-refractivity contribution is 5.76. The van der Waals surface area contributed by atoms with Gasteiger partial charge in [0.1, 0.15) is 5.75 Å². The number of rotatable bonds is 5. The van der Waals surface area contributed by atoms with Crippen LogP contribution in [0.1, 0.15) is 36.8 Å². The van der Waals surface area contributed by atoms with Gasteiger partial charge in [0.05, 0.1) is 19.3 Å². The number of methoxy groups -OCH3 is 1. The number of carbonyl (C=O) groups excluding carboxylic acids is 1. The summed E-state index contributed by atoms with van der Waals surface area (Å²) in [4.78, 5) is 14.6. The number of hydrogen-bond acceptors (Lipinski definition) is 4. The zero-order chi connectivity index (χ0) is 18.7. The summed E-state index contributed by atoms with van der Waals surface area (Å²) < 4.78 is 13.5. The van der Waals surface area contributed by atoms with E-state index < -0.39 is 0 Å². The fourth-order valence-corrected chi connectivity index (χ4v) is 4.30. The van der Waals surface area contributed by atoms with Crippen LogP contribution in [0.5, 0.6) is 5.75 Å². The zero-order valence-corrected chi connectivity index (χ0v) is 15.9. The Labute approximate surface area is 160 Å². The summed E-state index contributed by atoms with van der Waals surface area (Å²) in [5, 5.41) is 4.18. The third-order valence-electron chi connectivity index (χ3n) is 5.81. The van der Waals surface area contributed by atoms with Crippen molar-refractivity contribution in [3.05, 3.63) is 47.8 Å². The van der Waals surface area contributed by atoms with E-state index in [1.54, 1.807) is 13.3 Å². The number of likely N-dealkylation sites (tertiary alicyclic amines) is 1. The zero-order valence-electron chi connectivity index (χ0n) is 15.9. The van der Waals surface area contributed by atoms with Gasteiger partial charge in [-0.25, -0.2) is 0 Å². The van der Waals surface area contributed by atoms with Gasteiger partial charge in [0.15, 0.2) is 0 Å². The molecule has 0 saturated carbocycles. The van der Waals surface area contributed by atoms with E-state index in [2.05, 4.69) is 17.2 Å². The van der Waals surface area contributed by atoms with Crippen LogP contribution in [0.3, 0.4) is 0 Å². The second-order valence-corrected chi connectivity index (χ2v) is 7.37. The van der Waals surface area contributed by atoms with Crippen LogP contribution in [0.2, 0.25) is 0 Å². The van der Waals surface area contributed by atoms with Gasteiger partial charge in [0.25, 0.3) is 0 Å². The molecule has 0 bridgehead atoms. The molecule has 2 aliphatic rings. The molecule has 1 spiro atoms. The molecule has 6 nitrogen and oxygen atoms in total. The number of fused-ring (bicyclic) bond motifs is 2. The van der Waals surface area contributed by atoms with Gasteiger partial charge in [-0.05, 0) is 55.0 Å². The van der Waals surface area contributed by atoms with Crippen LogP contribution in [0.15, 0.2) is 36.7 Å². The molecule has 144 valence electrons. The minimum absolute atomic E-state index is 0.239. The van der Waals surface area contributed by atoms with Gasteiger partial charge < -0.3 is 14.4 Å². The second-order valence-electron chi connectivity index (χ2n) is 7.37. The third kappa shape index (κ3) is 3.72. The van der Waals surface area contributed by atoms with E-state index >= 15 is 0 Å². The number of ether oxygens (including phenoxy) is 2. The summed E-state index contributed by atoms with van der Waals surface area (Å²) in [6, 6.07) is 8.20. The number of benzene rings is 1. The van der Waals surface area contributed by atoms with E-state index in [1.165, 1.54) is 11.1 Å². The maximum Gasteiger partial charge on any atom is 0.222 e. The molecule has 0 unspecified atom stereocenters. The van der Waals surface area contributed by atoms with Crippen molar-refractivity contribution in [2.45, 2.75) is 44.2 Å². The maximum atomic E-state index is 12.6. The van der Waals surface area contributed by atoms with Crippen LogP contribution in [0, 0.1) is 0 Å². The van der Waals surface area contributed by atoms with E-state index in [4.69, 9.17) is 9.47 Å². The summed E-state index contributed by atoms with van der Waals surface area (Å²) in [6.07, 6.45) is 7.73. The number of amides is 1. The van der Waals surface area contributed by atoms with Crippen LogP contribution >= 0.6 is 0 Å². The van der Waals surface area contributed by atoms with Crippen molar-refractivity contribution in [1.29, 1.82) is 0 Å². The molecule has 4 rings (SSSR count). The maximum absolute atomic E-state index is 12.6. The molecule has 27 heavy (non-hydrogen) atoms. The Morgan fingerprint density at radius 3 is 2.93 bits per heavy atom. The smallest absolute Gasteiger partial charge is 0.222 e. The fraction of sp³-hybridized carbons (Fsp3) is 0.524. The molecular formula is C21H27N3O3. The first-order chi connectivity index (χ1) is 13.2. The van der Waals surface area contributed by atoms with Crippen molar-refractivity contribution in [3.8, 4) is 5.75 Å². The van der Waals surface area contributed by atoms with Crippen molar-refractivity contribution < 1.29 is 14.3 Å². The van der Waals surface area contributed by atoms with Crippen molar-refractivity contribution in [2.24, 2.45) is 0 Å². The highest BCUT2D eigenvalue weighted by Crippen LogP contribution is 2.42. The van der Waals surface area contributed by atoms with Gasteiger partial charge in [0.2, 0.25) is 5.91 Å². The van der Waals surface area contributed by atoms with E-state index in [9.17, 15) is 4.79 Å². The lowest BCUT2D eigenvalue weighted by Gasteiger charge is -2.45. The Hall–Kier alpha value is -2.34. The molecule has 6 heteroatoms. The highest BCUT2D eigenvalue weighted by Gasteiger charge is 2.41. The van der Waals surface area contributed by atoms with Crippen molar-refractivity contribution in [1.82, 2.24) is 14.7 Å². The van der Waals surface area contributed by atoms with Crippen LogP contribution < -0.4 is 4.74 Å². The summed E-state index contributed by atoms with van der Waals surface area (Å²) in [7, 11) is 1.70. The Morgan fingerprint density at radius 1 is 1.33 bits per heavy atom. The molecular weight excluding hydrogens is 342 g/mol. The normalized spacial score (nSPS) is 18.3. The monoisotopic (exact) mass is 369 g/mol. The fourth-order valence-electron chi connectivity index (χ4n) is 4.30. The molecule has 1 amide bonds. The number of nitrogens with zero attached hydrogens (tertiary/aromatic N) is 3. The first kappa shape index (κ1) is 18.0. The van der Waals surface area contributed by atoms with Crippen molar-refractivity contribution in [3.63, 3.8) is 0 Å². The summed E-state index contributed by atoms with van der Waals surface area (Å²) >= 11 is 0. The topological polar surface area (TPSA) is 56.6 Å². The van der Waals surface area contributed by atoms with Gasteiger partial charge in [-0.1, -0.05) is 6.07 Å². The van der Waals surface area contributed by atoms with Gasteiger partial charge >= 0.3 is 0 Å². The van der Waals surface area contributed by atoms with Gasteiger partial charge in [-0.15, -0.1) is 0 Å². The predicted octanol–water partition coefficient (Wildman–Crippen LogP) is 2.76. The van der Waals surface area contributed by atoms with Crippen LogP contribution in [0.4, 0.5) is 0 Å². The van der Waals surface area contributed by atoms with Crippen LogP contribution in [-0.4, -0.2) is 47.4 Å². The van der Waals surface area contributed by atoms with E-state index in [0.717, 1.165) is 57.7 Å². The average Bonchev–Trinajstić information content (AvgIpc) is 3.22. The van der Waals surface area contributed by atoms with Gasteiger partial charge in [-0.3, -0.25) is 9.48 Å². The minimum atomic E-state index is -0.244. The molecule has 0 atom stereocenters. The SMILES string of the molecule is COc1ccc2c(c1)CCOC21CCN(C(=O)CCCn2cccn2)CC1. The molecule has 0 N–H and O–H groups in total. The predicted molar refractivity (Wildman–Crippen MR) is 102 cm³/mol. The molecule has 1 aromatic heterocycles. The number of aryl methyl sites for hydroxylation is 1. The number of hydrogen-bond donors (Lipinski definition) is 0. The number of carbonyl (C=O) groups is 1. The lowest BCUT2D eigenvalue weighted by Crippen LogP contribution is -2.48. The van der Waals surface area contributed by atoms with E-state index in [1.807, 2.05) is 27.9 Å². The number of piperidine rings is 1. The largest absolute Gasteiger partial charge is 0.497 e. The summed E-state index contributed by atoms with van der Waals surface area (Å²) in [6.45, 7) is 3.03. The molecule has 1 fully saturated rings.